The first kappa shape index (κ1) is 21.0. The van der Waals surface area contributed by atoms with Crippen molar-refractivity contribution in [2.24, 2.45) is 0 Å². The highest BCUT2D eigenvalue weighted by atomic mass is 19.1. The monoisotopic (exact) mass is 379 g/mol. The molecule has 1 fully saturated rings. The summed E-state index contributed by atoms with van der Waals surface area (Å²) in [5, 5.41) is 5.61. The van der Waals surface area contributed by atoms with Gasteiger partial charge in [-0.3, -0.25) is 4.79 Å². The summed E-state index contributed by atoms with van der Waals surface area (Å²) >= 11 is 0. The van der Waals surface area contributed by atoms with E-state index in [4.69, 9.17) is 4.74 Å². The van der Waals surface area contributed by atoms with Crippen LogP contribution in [0.25, 0.3) is 0 Å². The number of aryl methyl sites for hydroxylation is 1. The van der Waals surface area contributed by atoms with E-state index in [9.17, 15) is 14.0 Å². The number of carbonyl (C=O) groups is 2. The first-order valence-electron chi connectivity index (χ1n) is 9.41. The van der Waals surface area contributed by atoms with Gasteiger partial charge < -0.3 is 20.3 Å². The van der Waals surface area contributed by atoms with E-state index in [1.807, 2.05) is 6.92 Å². The van der Waals surface area contributed by atoms with Crippen molar-refractivity contribution in [2.75, 3.05) is 24.5 Å². The summed E-state index contributed by atoms with van der Waals surface area (Å²) in [5.41, 5.74) is 1.33. The molecule has 7 heteroatoms. The number of nitrogens with one attached hydrogen (secondary N) is 2. The van der Waals surface area contributed by atoms with Crippen LogP contribution in [-0.2, 0) is 9.53 Å². The van der Waals surface area contributed by atoms with Crippen LogP contribution in [-0.4, -0.2) is 43.3 Å². The number of hydrogen-bond donors (Lipinski definition) is 2. The third-order valence-electron chi connectivity index (χ3n) is 4.31. The topological polar surface area (TPSA) is 70.7 Å². The SMILES string of the molecule is Cc1cc(F)ccc1N1CCCC(NC(=O)CCNC(=O)OC(C)(C)C)C1. The molecule has 1 aliphatic heterocycles. The molecule has 1 aromatic carbocycles. The number of ether oxygens (including phenoxy) is 1. The molecule has 2 amide bonds. The van der Waals surface area contributed by atoms with Crippen molar-refractivity contribution in [3.63, 3.8) is 0 Å². The molecular weight excluding hydrogens is 349 g/mol. The molecule has 27 heavy (non-hydrogen) atoms. The van der Waals surface area contributed by atoms with E-state index < -0.39 is 11.7 Å². The van der Waals surface area contributed by atoms with Gasteiger partial charge in [0.1, 0.15) is 11.4 Å². The average molecular weight is 379 g/mol. The standard InChI is InChI=1S/C20H30FN3O3/c1-14-12-15(21)7-8-17(14)24-11-5-6-16(13-24)23-18(25)9-10-22-19(26)27-20(2,3)4/h7-8,12,16H,5-6,9-11,13H2,1-4H3,(H,22,26)(H,23,25). The minimum atomic E-state index is -0.559. The fourth-order valence-corrected chi connectivity index (χ4v) is 3.18. The number of benzene rings is 1. The maximum atomic E-state index is 13.3. The number of hydrogen-bond acceptors (Lipinski definition) is 4. The molecule has 1 heterocycles. The van der Waals surface area contributed by atoms with Gasteiger partial charge in [-0.05, 0) is 64.3 Å². The second-order valence-electron chi connectivity index (χ2n) is 7.96. The summed E-state index contributed by atoms with van der Waals surface area (Å²) in [7, 11) is 0. The minimum Gasteiger partial charge on any atom is -0.444 e. The Morgan fingerprint density at radius 1 is 1.33 bits per heavy atom. The van der Waals surface area contributed by atoms with E-state index >= 15 is 0 Å². The third-order valence-corrected chi connectivity index (χ3v) is 4.31. The maximum absolute atomic E-state index is 13.3. The van der Waals surface area contributed by atoms with Crippen LogP contribution in [0.4, 0.5) is 14.9 Å². The molecule has 2 N–H and O–H groups in total. The fraction of sp³-hybridized carbons (Fsp3) is 0.600. The lowest BCUT2D eigenvalue weighted by Gasteiger charge is -2.35. The lowest BCUT2D eigenvalue weighted by atomic mass is 10.0. The Kier molecular flexibility index (Phi) is 7.05. The van der Waals surface area contributed by atoms with Crippen LogP contribution in [0.3, 0.4) is 0 Å². The van der Waals surface area contributed by atoms with E-state index in [1.54, 1.807) is 26.8 Å². The Labute approximate surface area is 160 Å². The Morgan fingerprint density at radius 2 is 2.07 bits per heavy atom. The first-order chi connectivity index (χ1) is 12.6. The van der Waals surface area contributed by atoms with E-state index in [1.165, 1.54) is 12.1 Å². The van der Waals surface area contributed by atoms with Gasteiger partial charge in [-0.1, -0.05) is 0 Å². The van der Waals surface area contributed by atoms with Crippen LogP contribution in [0.15, 0.2) is 18.2 Å². The Bertz CT molecular complexity index is 673. The Hall–Kier alpha value is -2.31. The van der Waals surface area contributed by atoms with Crippen LogP contribution in [0.2, 0.25) is 0 Å². The molecule has 1 unspecified atom stereocenters. The van der Waals surface area contributed by atoms with Crippen LogP contribution in [0.5, 0.6) is 0 Å². The predicted molar refractivity (Wildman–Crippen MR) is 103 cm³/mol. The van der Waals surface area contributed by atoms with Crippen LogP contribution in [0, 0.1) is 12.7 Å². The van der Waals surface area contributed by atoms with Crippen molar-refractivity contribution in [1.82, 2.24) is 10.6 Å². The number of rotatable bonds is 5. The molecule has 1 aliphatic rings. The van der Waals surface area contributed by atoms with Crippen molar-refractivity contribution < 1.29 is 18.7 Å². The summed E-state index contributed by atoms with van der Waals surface area (Å²) in [6.45, 7) is 9.07. The Balaban J connectivity index is 1.78. The zero-order valence-electron chi connectivity index (χ0n) is 16.6. The van der Waals surface area contributed by atoms with Gasteiger partial charge in [-0.15, -0.1) is 0 Å². The van der Waals surface area contributed by atoms with E-state index in [2.05, 4.69) is 15.5 Å². The number of amides is 2. The normalized spacial score (nSPS) is 17.4. The molecular formula is C20H30FN3O3. The number of alkyl carbamates (subject to hydrolysis) is 1. The summed E-state index contributed by atoms with van der Waals surface area (Å²) < 4.78 is 18.5. The van der Waals surface area contributed by atoms with Crippen LogP contribution < -0.4 is 15.5 Å². The zero-order chi connectivity index (χ0) is 20.0. The molecule has 6 nitrogen and oxygen atoms in total. The molecule has 1 atom stereocenters. The number of carbonyl (C=O) groups excluding carboxylic acids is 2. The van der Waals surface area contributed by atoms with Gasteiger partial charge in [0.05, 0.1) is 0 Å². The number of anilines is 1. The summed E-state index contributed by atoms with van der Waals surface area (Å²) in [4.78, 5) is 25.9. The molecule has 0 radical (unpaired) electrons. The van der Waals surface area contributed by atoms with Gasteiger partial charge in [-0.25, -0.2) is 9.18 Å². The van der Waals surface area contributed by atoms with Gasteiger partial charge in [0, 0.05) is 37.8 Å². The average Bonchev–Trinajstić information content (AvgIpc) is 2.53. The summed E-state index contributed by atoms with van der Waals surface area (Å²) in [5.74, 6) is -0.343. The summed E-state index contributed by atoms with van der Waals surface area (Å²) in [6, 6.07) is 4.82. The molecule has 0 spiro atoms. The lowest BCUT2D eigenvalue weighted by molar-refractivity contribution is -0.121. The van der Waals surface area contributed by atoms with Crippen LogP contribution >= 0.6 is 0 Å². The van der Waals surface area contributed by atoms with Gasteiger partial charge in [0.25, 0.3) is 0 Å². The fourth-order valence-electron chi connectivity index (χ4n) is 3.18. The van der Waals surface area contributed by atoms with Crippen molar-refractivity contribution in [1.29, 1.82) is 0 Å². The Morgan fingerprint density at radius 3 is 2.74 bits per heavy atom. The highest BCUT2D eigenvalue weighted by molar-refractivity contribution is 5.77. The molecule has 150 valence electrons. The molecule has 0 bridgehead atoms. The molecule has 0 aromatic heterocycles. The lowest BCUT2D eigenvalue weighted by Crippen LogP contribution is -2.48. The molecule has 1 saturated heterocycles. The van der Waals surface area contributed by atoms with E-state index in [-0.39, 0.29) is 30.7 Å². The second-order valence-corrected chi connectivity index (χ2v) is 7.96. The highest BCUT2D eigenvalue weighted by Crippen LogP contribution is 2.24. The molecule has 2 rings (SSSR count). The van der Waals surface area contributed by atoms with Gasteiger partial charge >= 0.3 is 6.09 Å². The third kappa shape index (κ3) is 7.07. The number of halogens is 1. The quantitative estimate of drug-likeness (QED) is 0.825. The summed E-state index contributed by atoms with van der Waals surface area (Å²) in [6.07, 6.45) is 1.54. The van der Waals surface area contributed by atoms with Crippen LogP contribution in [0.1, 0.15) is 45.6 Å². The molecule has 0 saturated carbocycles. The largest absolute Gasteiger partial charge is 0.444 e. The smallest absolute Gasteiger partial charge is 0.407 e. The van der Waals surface area contributed by atoms with Gasteiger partial charge in [0.15, 0.2) is 0 Å². The van der Waals surface area contributed by atoms with Gasteiger partial charge in [-0.2, -0.15) is 0 Å². The van der Waals surface area contributed by atoms with Crippen molar-refractivity contribution in [3.8, 4) is 0 Å². The number of nitrogens with zero attached hydrogens (tertiary/aromatic N) is 1. The number of piperidine rings is 1. The zero-order valence-corrected chi connectivity index (χ0v) is 16.6. The first-order valence-corrected chi connectivity index (χ1v) is 9.41. The van der Waals surface area contributed by atoms with Crippen molar-refractivity contribution in [2.45, 2.75) is 58.6 Å². The second kappa shape index (κ2) is 9.06. The van der Waals surface area contributed by atoms with Gasteiger partial charge in [0.2, 0.25) is 5.91 Å². The van der Waals surface area contributed by atoms with Crippen molar-refractivity contribution >= 4 is 17.7 Å². The van der Waals surface area contributed by atoms with E-state index in [0.717, 1.165) is 30.6 Å². The minimum absolute atomic E-state index is 0.0391. The predicted octanol–water partition coefficient (Wildman–Crippen LogP) is 3.13. The molecule has 0 aliphatic carbocycles. The maximum Gasteiger partial charge on any atom is 0.407 e. The molecule has 1 aromatic rings. The van der Waals surface area contributed by atoms with E-state index in [0.29, 0.717) is 6.54 Å². The van der Waals surface area contributed by atoms with Crippen molar-refractivity contribution in [3.05, 3.63) is 29.6 Å². The highest BCUT2D eigenvalue weighted by Gasteiger charge is 2.23.